The molecule has 0 atom stereocenters. The van der Waals surface area contributed by atoms with Crippen LogP contribution in [0.5, 0.6) is 0 Å². The Balaban J connectivity index is 2.25. The van der Waals surface area contributed by atoms with Crippen molar-refractivity contribution < 1.29 is 26.3 Å². The topological polar surface area (TPSA) is 56.7 Å². The molecule has 0 bridgehead atoms. The third kappa shape index (κ3) is 3.50. The maximum atomic E-state index is 13.4. The number of benzene rings is 1. The summed E-state index contributed by atoms with van der Waals surface area (Å²) in [5.41, 5.74) is 3.01. The van der Waals surface area contributed by atoms with E-state index in [0.29, 0.717) is 5.69 Å². The van der Waals surface area contributed by atoms with Gasteiger partial charge in [-0.25, -0.2) is 9.67 Å². The number of aromatic nitrogens is 3. The fourth-order valence-corrected chi connectivity index (χ4v) is 2.78. The fourth-order valence-electron chi connectivity index (χ4n) is 2.78. The van der Waals surface area contributed by atoms with E-state index in [-0.39, 0.29) is 11.5 Å². The summed E-state index contributed by atoms with van der Waals surface area (Å²) in [6, 6.07) is 6.62. The molecule has 2 heterocycles. The second-order valence-electron chi connectivity index (χ2n) is 7.34. The lowest BCUT2D eigenvalue weighted by Crippen LogP contribution is -2.13. The first-order valence-corrected chi connectivity index (χ1v) is 8.14. The average molecular weight is 402 g/mol. The van der Waals surface area contributed by atoms with Crippen molar-refractivity contribution >= 4 is 16.9 Å². The Morgan fingerprint density at radius 2 is 1.46 bits per heavy atom. The molecule has 4 nitrogen and oxygen atoms in total. The van der Waals surface area contributed by atoms with E-state index in [1.807, 2.05) is 20.8 Å². The highest BCUT2D eigenvalue weighted by Crippen LogP contribution is 2.40. The number of hydrogen-bond donors (Lipinski definition) is 1. The van der Waals surface area contributed by atoms with Gasteiger partial charge in [-0.1, -0.05) is 32.9 Å². The quantitative estimate of drug-likeness (QED) is 0.559. The van der Waals surface area contributed by atoms with Gasteiger partial charge in [-0.2, -0.15) is 26.3 Å². The molecule has 2 aromatic heterocycles. The largest absolute Gasteiger partial charge is 0.433 e. The zero-order chi connectivity index (χ0) is 21.1. The molecule has 2 N–H and O–H groups in total. The zero-order valence-electron chi connectivity index (χ0n) is 15.1. The van der Waals surface area contributed by atoms with Crippen molar-refractivity contribution in [2.24, 2.45) is 0 Å². The number of fused-ring (bicyclic) bond motifs is 1. The SMILES string of the molecule is CC(C)(C)c1ccc(-n2nc3nc(C(F)(F)F)cc(C(F)(F)F)c3c2N)cc1. The number of nitrogens with zero attached hydrogens (tertiary/aromatic N) is 3. The Kier molecular flexibility index (Phi) is 4.36. The van der Waals surface area contributed by atoms with Crippen LogP contribution in [0.1, 0.15) is 37.6 Å². The van der Waals surface area contributed by atoms with Crippen molar-refractivity contribution in [3.05, 3.63) is 47.2 Å². The summed E-state index contributed by atoms with van der Waals surface area (Å²) in [5, 5.41) is 3.14. The molecular weight excluding hydrogens is 386 g/mol. The van der Waals surface area contributed by atoms with E-state index in [2.05, 4.69) is 10.1 Å². The number of alkyl halides is 6. The standard InChI is InChI=1S/C18H16F6N4/c1-16(2,3)9-4-6-10(7-5-9)28-14(25)13-11(17(19,20)21)8-12(18(22,23)24)26-15(13)27-28/h4-8H,25H2,1-3H3. The average Bonchev–Trinajstić information content (AvgIpc) is 2.89. The van der Waals surface area contributed by atoms with Crippen molar-refractivity contribution in [1.29, 1.82) is 0 Å². The smallest absolute Gasteiger partial charge is 0.383 e. The molecule has 0 aliphatic rings. The van der Waals surface area contributed by atoms with E-state index >= 15 is 0 Å². The van der Waals surface area contributed by atoms with Crippen molar-refractivity contribution in [2.45, 2.75) is 38.5 Å². The highest BCUT2D eigenvalue weighted by atomic mass is 19.4. The molecule has 3 aromatic rings. The Morgan fingerprint density at radius 1 is 0.893 bits per heavy atom. The van der Waals surface area contributed by atoms with Gasteiger partial charge >= 0.3 is 12.4 Å². The molecule has 0 spiro atoms. The van der Waals surface area contributed by atoms with Gasteiger partial charge in [-0.15, -0.1) is 5.10 Å². The summed E-state index contributed by atoms with van der Waals surface area (Å²) >= 11 is 0. The van der Waals surface area contributed by atoms with E-state index in [1.165, 1.54) is 0 Å². The number of anilines is 1. The Morgan fingerprint density at radius 3 is 1.93 bits per heavy atom. The van der Waals surface area contributed by atoms with Crippen LogP contribution in [0.2, 0.25) is 0 Å². The number of pyridine rings is 1. The third-order valence-electron chi connectivity index (χ3n) is 4.25. The van der Waals surface area contributed by atoms with Crippen LogP contribution in [0.4, 0.5) is 32.2 Å². The van der Waals surface area contributed by atoms with Crippen LogP contribution in [0.3, 0.4) is 0 Å². The van der Waals surface area contributed by atoms with Crippen LogP contribution in [-0.4, -0.2) is 14.8 Å². The number of nitrogen functional groups attached to an aromatic ring is 1. The zero-order valence-corrected chi connectivity index (χ0v) is 15.1. The molecule has 3 rings (SSSR count). The van der Waals surface area contributed by atoms with Crippen molar-refractivity contribution in [2.75, 3.05) is 5.73 Å². The second-order valence-corrected chi connectivity index (χ2v) is 7.34. The minimum absolute atomic E-state index is 0.0482. The first kappa shape index (κ1) is 20.0. The molecule has 150 valence electrons. The summed E-state index contributed by atoms with van der Waals surface area (Å²) < 4.78 is 80.0. The van der Waals surface area contributed by atoms with Gasteiger partial charge in [0.2, 0.25) is 0 Å². The minimum atomic E-state index is -5.06. The van der Waals surface area contributed by atoms with Gasteiger partial charge in [-0.3, -0.25) is 0 Å². The number of halogens is 6. The highest BCUT2D eigenvalue weighted by Gasteiger charge is 2.41. The van der Waals surface area contributed by atoms with Crippen LogP contribution < -0.4 is 5.73 Å². The predicted molar refractivity (Wildman–Crippen MR) is 92.0 cm³/mol. The van der Waals surface area contributed by atoms with Crippen LogP contribution in [0.15, 0.2) is 30.3 Å². The van der Waals surface area contributed by atoms with Gasteiger partial charge in [0.25, 0.3) is 0 Å². The van der Waals surface area contributed by atoms with E-state index in [0.717, 1.165) is 10.2 Å². The molecule has 0 unspecified atom stereocenters. The Labute approximate surface area is 156 Å². The maximum absolute atomic E-state index is 13.4. The van der Waals surface area contributed by atoms with Gasteiger partial charge in [0.15, 0.2) is 5.65 Å². The molecule has 28 heavy (non-hydrogen) atoms. The summed E-state index contributed by atoms with van der Waals surface area (Å²) in [4.78, 5) is 3.25. The van der Waals surface area contributed by atoms with E-state index < -0.39 is 40.5 Å². The third-order valence-corrected chi connectivity index (χ3v) is 4.25. The molecule has 0 saturated heterocycles. The minimum Gasteiger partial charge on any atom is -0.383 e. The van der Waals surface area contributed by atoms with Crippen molar-refractivity contribution in [3.63, 3.8) is 0 Å². The molecule has 0 aliphatic carbocycles. The molecule has 0 fully saturated rings. The first-order chi connectivity index (χ1) is 12.7. The first-order valence-electron chi connectivity index (χ1n) is 8.14. The molecule has 0 aliphatic heterocycles. The van der Waals surface area contributed by atoms with Gasteiger partial charge < -0.3 is 5.73 Å². The Hall–Kier alpha value is -2.78. The summed E-state index contributed by atoms with van der Waals surface area (Å²) in [6.07, 6.45) is -10.1. The van der Waals surface area contributed by atoms with Gasteiger partial charge in [0.1, 0.15) is 11.5 Å². The molecule has 0 amide bonds. The van der Waals surface area contributed by atoms with Crippen LogP contribution >= 0.6 is 0 Å². The van der Waals surface area contributed by atoms with Crippen molar-refractivity contribution in [3.8, 4) is 5.69 Å². The lowest BCUT2D eigenvalue weighted by molar-refractivity contribution is -0.144. The number of hydrogen-bond acceptors (Lipinski definition) is 3. The number of rotatable bonds is 1. The lowest BCUT2D eigenvalue weighted by atomic mass is 9.87. The van der Waals surface area contributed by atoms with E-state index in [9.17, 15) is 26.3 Å². The van der Waals surface area contributed by atoms with Crippen molar-refractivity contribution in [1.82, 2.24) is 14.8 Å². The summed E-state index contributed by atoms with van der Waals surface area (Å²) in [7, 11) is 0. The predicted octanol–water partition coefficient (Wildman–Crippen LogP) is 5.34. The summed E-state index contributed by atoms with van der Waals surface area (Å²) in [5.74, 6) is -0.438. The van der Waals surface area contributed by atoms with E-state index in [4.69, 9.17) is 5.73 Å². The van der Waals surface area contributed by atoms with Crippen LogP contribution in [-0.2, 0) is 17.8 Å². The molecule has 0 saturated carbocycles. The van der Waals surface area contributed by atoms with Gasteiger partial charge in [0.05, 0.1) is 16.6 Å². The Bertz CT molecular complexity index is 1020. The number of nitrogens with two attached hydrogens (primary N) is 1. The monoisotopic (exact) mass is 402 g/mol. The second kappa shape index (κ2) is 6.11. The molecule has 0 radical (unpaired) electrons. The molecule has 1 aromatic carbocycles. The van der Waals surface area contributed by atoms with Gasteiger partial charge in [-0.05, 0) is 29.2 Å². The van der Waals surface area contributed by atoms with E-state index in [1.54, 1.807) is 24.3 Å². The fraction of sp³-hybridized carbons (Fsp3) is 0.333. The van der Waals surface area contributed by atoms with Gasteiger partial charge in [0, 0.05) is 0 Å². The maximum Gasteiger partial charge on any atom is 0.433 e. The summed E-state index contributed by atoms with van der Waals surface area (Å²) in [6.45, 7) is 5.95. The molecule has 10 heteroatoms. The normalized spacial score (nSPS) is 13.3. The lowest BCUT2D eigenvalue weighted by Gasteiger charge is -2.19. The highest BCUT2D eigenvalue weighted by molar-refractivity contribution is 5.91. The molecular formula is C18H16F6N4. The van der Waals surface area contributed by atoms with Crippen LogP contribution in [0, 0.1) is 0 Å². The van der Waals surface area contributed by atoms with Crippen LogP contribution in [0.25, 0.3) is 16.7 Å².